The van der Waals surface area contributed by atoms with Crippen molar-refractivity contribution in [2.24, 2.45) is 0 Å². The van der Waals surface area contributed by atoms with Gasteiger partial charge in [-0.25, -0.2) is 4.79 Å². The summed E-state index contributed by atoms with van der Waals surface area (Å²) in [5, 5.41) is 11.3. The first kappa shape index (κ1) is 17.7. The molecule has 1 aromatic heterocycles. The van der Waals surface area contributed by atoms with Gasteiger partial charge >= 0.3 is 5.97 Å². The molecule has 1 saturated heterocycles. The molecule has 1 aromatic carbocycles. The maximum Gasteiger partial charge on any atom is 0.337 e. The number of hydrogen-bond donors (Lipinski definition) is 1. The third-order valence-electron chi connectivity index (χ3n) is 3.99. The van der Waals surface area contributed by atoms with Gasteiger partial charge in [0.2, 0.25) is 0 Å². The van der Waals surface area contributed by atoms with E-state index in [1.807, 2.05) is 41.8 Å². The number of carboxylic acid groups (broad SMARTS) is 1. The number of hydrogen-bond acceptors (Lipinski definition) is 5. The molecule has 0 radical (unpaired) electrons. The lowest BCUT2D eigenvalue weighted by Crippen LogP contribution is -2.38. The summed E-state index contributed by atoms with van der Waals surface area (Å²) >= 11 is 1.42. The van der Waals surface area contributed by atoms with Crippen LogP contribution in [0.3, 0.4) is 0 Å². The Morgan fingerprint density at radius 2 is 2.00 bits per heavy atom. The molecular formula is C19H21NO4S. The topological polar surface area (TPSA) is 59.0 Å². The van der Waals surface area contributed by atoms with E-state index in [0.717, 1.165) is 49.0 Å². The smallest absolute Gasteiger partial charge is 0.337 e. The molecule has 0 saturated carbocycles. The van der Waals surface area contributed by atoms with Crippen LogP contribution in [0.15, 0.2) is 41.8 Å². The van der Waals surface area contributed by atoms with Crippen molar-refractivity contribution in [2.75, 3.05) is 39.5 Å². The Labute approximate surface area is 151 Å². The van der Waals surface area contributed by atoms with Crippen molar-refractivity contribution >= 4 is 29.0 Å². The number of rotatable bonds is 7. The van der Waals surface area contributed by atoms with E-state index in [0.29, 0.717) is 12.2 Å². The van der Waals surface area contributed by atoms with Crippen LogP contribution in [0.25, 0.3) is 11.6 Å². The minimum atomic E-state index is -0.923. The van der Waals surface area contributed by atoms with E-state index in [2.05, 4.69) is 4.90 Å². The van der Waals surface area contributed by atoms with Gasteiger partial charge in [-0.15, -0.1) is 11.3 Å². The molecular weight excluding hydrogens is 338 g/mol. The second-order valence-corrected chi connectivity index (χ2v) is 6.66. The molecule has 5 nitrogen and oxygen atoms in total. The SMILES string of the molecule is O=C(O)/C(=C\c1ccc(OCCN2CCOCC2)cc1)c1cccs1. The number of ether oxygens (including phenoxy) is 2. The van der Waals surface area contributed by atoms with Crippen LogP contribution in [0.1, 0.15) is 10.4 Å². The average molecular weight is 359 g/mol. The van der Waals surface area contributed by atoms with Gasteiger partial charge < -0.3 is 14.6 Å². The van der Waals surface area contributed by atoms with Crippen LogP contribution in [-0.2, 0) is 9.53 Å². The highest BCUT2D eigenvalue weighted by atomic mass is 32.1. The summed E-state index contributed by atoms with van der Waals surface area (Å²) in [6.45, 7) is 4.99. The number of carboxylic acids is 1. The van der Waals surface area contributed by atoms with E-state index >= 15 is 0 Å². The van der Waals surface area contributed by atoms with Crippen molar-refractivity contribution in [1.82, 2.24) is 4.90 Å². The Bertz CT molecular complexity index is 704. The van der Waals surface area contributed by atoms with E-state index in [9.17, 15) is 9.90 Å². The summed E-state index contributed by atoms with van der Waals surface area (Å²) in [5.41, 5.74) is 1.14. The minimum Gasteiger partial charge on any atom is -0.492 e. The van der Waals surface area contributed by atoms with E-state index < -0.39 is 5.97 Å². The molecule has 25 heavy (non-hydrogen) atoms. The fourth-order valence-electron chi connectivity index (χ4n) is 2.61. The number of carbonyl (C=O) groups is 1. The molecule has 0 aliphatic carbocycles. The summed E-state index contributed by atoms with van der Waals surface area (Å²) in [5.74, 6) is -0.133. The summed E-state index contributed by atoms with van der Waals surface area (Å²) in [6, 6.07) is 11.2. The van der Waals surface area contributed by atoms with Crippen LogP contribution in [-0.4, -0.2) is 55.4 Å². The number of nitrogens with zero attached hydrogens (tertiary/aromatic N) is 1. The maximum absolute atomic E-state index is 11.5. The van der Waals surface area contributed by atoms with Crippen LogP contribution in [0.5, 0.6) is 5.75 Å². The second kappa shape index (κ2) is 8.80. The van der Waals surface area contributed by atoms with Gasteiger partial charge in [0.25, 0.3) is 0 Å². The van der Waals surface area contributed by atoms with Crippen LogP contribution < -0.4 is 4.74 Å². The van der Waals surface area contributed by atoms with E-state index in [-0.39, 0.29) is 0 Å². The van der Waals surface area contributed by atoms with E-state index in [1.165, 1.54) is 11.3 Å². The highest BCUT2D eigenvalue weighted by Crippen LogP contribution is 2.24. The lowest BCUT2D eigenvalue weighted by atomic mass is 10.1. The predicted molar refractivity (Wildman–Crippen MR) is 99.0 cm³/mol. The summed E-state index contributed by atoms with van der Waals surface area (Å²) in [4.78, 5) is 14.5. The van der Waals surface area contributed by atoms with Crippen LogP contribution >= 0.6 is 11.3 Å². The highest BCUT2D eigenvalue weighted by Gasteiger charge is 2.12. The molecule has 0 atom stereocenters. The Morgan fingerprint density at radius 1 is 1.24 bits per heavy atom. The zero-order valence-corrected chi connectivity index (χ0v) is 14.7. The van der Waals surface area contributed by atoms with Crippen molar-refractivity contribution in [3.05, 3.63) is 52.2 Å². The Hall–Kier alpha value is -2.15. The molecule has 1 aliphatic rings. The largest absolute Gasteiger partial charge is 0.492 e. The van der Waals surface area contributed by atoms with Crippen molar-refractivity contribution < 1.29 is 19.4 Å². The normalized spacial score (nSPS) is 15.9. The van der Waals surface area contributed by atoms with E-state index in [1.54, 1.807) is 6.08 Å². The van der Waals surface area contributed by atoms with Gasteiger partial charge in [0.15, 0.2) is 0 Å². The number of aliphatic carboxylic acids is 1. The van der Waals surface area contributed by atoms with Crippen molar-refractivity contribution in [3.63, 3.8) is 0 Å². The van der Waals surface area contributed by atoms with Gasteiger partial charge in [-0.1, -0.05) is 18.2 Å². The number of morpholine rings is 1. The fraction of sp³-hybridized carbons (Fsp3) is 0.316. The maximum atomic E-state index is 11.5. The fourth-order valence-corrected chi connectivity index (χ4v) is 3.35. The van der Waals surface area contributed by atoms with Crippen LogP contribution in [0.4, 0.5) is 0 Å². The predicted octanol–water partition coefficient (Wildman–Crippen LogP) is 3.08. The van der Waals surface area contributed by atoms with Gasteiger partial charge in [0.1, 0.15) is 12.4 Å². The Morgan fingerprint density at radius 3 is 2.64 bits per heavy atom. The molecule has 2 heterocycles. The summed E-state index contributed by atoms with van der Waals surface area (Å²) in [6.07, 6.45) is 1.69. The quantitative estimate of drug-likeness (QED) is 0.770. The van der Waals surface area contributed by atoms with Gasteiger partial charge in [-0.05, 0) is 35.2 Å². The Kier molecular flexibility index (Phi) is 6.22. The van der Waals surface area contributed by atoms with E-state index in [4.69, 9.17) is 9.47 Å². The summed E-state index contributed by atoms with van der Waals surface area (Å²) in [7, 11) is 0. The molecule has 132 valence electrons. The molecule has 1 N–H and O–H groups in total. The summed E-state index contributed by atoms with van der Waals surface area (Å²) < 4.78 is 11.1. The monoisotopic (exact) mass is 359 g/mol. The molecule has 0 bridgehead atoms. The molecule has 1 fully saturated rings. The Balaban J connectivity index is 1.57. The molecule has 3 rings (SSSR count). The van der Waals surface area contributed by atoms with Crippen molar-refractivity contribution in [1.29, 1.82) is 0 Å². The number of thiophene rings is 1. The van der Waals surface area contributed by atoms with Crippen LogP contribution in [0.2, 0.25) is 0 Å². The molecule has 1 aliphatic heterocycles. The molecule has 0 unspecified atom stereocenters. The van der Waals surface area contributed by atoms with Crippen molar-refractivity contribution in [2.45, 2.75) is 0 Å². The molecule has 0 spiro atoms. The standard InChI is InChI=1S/C19H21NO4S/c21-19(22)17(18-2-1-13-25-18)14-15-3-5-16(6-4-15)24-12-9-20-7-10-23-11-8-20/h1-6,13-14H,7-12H2,(H,21,22)/b17-14-. The lowest BCUT2D eigenvalue weighted by Gasteiger charge is -2.26. The molecule has 2 aromatic rings. The minimum absolute atomic E-state index is 0.302. The third-order valence-corrected chi connectivity index (χ3v) is 4.89. The second-order valence-electron chi connectivity index (χ2n) is 5.71. The van der Waals surface area contributed by atoms with Gasteiger partial charge in [-0.3, -0.25) is 4.90 Å². The zero-order chi connectivity index (χ0) is 17.5. The van der Waals surface area contributed by atoms with Crippen LogP contribution in [0, 0.1) is 0 Å². The first-order valence-electron chi connectivity index (χ1n) is 8.24. The third kappa shape index (κ3) is 5.16. The molecule has 6 heteroatoms. The van der Waals surface area contributed by atoms with Crippen molar-refractivity contribution in [3.8, 4) is 5.75 Å². The zero-order valence-electron chi connectivity index (χ0n) is 13.9. The van der Waals surface area contributed by atoms with Gasteiger partial charge in [0.05, 0.1) is 18.8 Å². The highest BCUT2D eigenvalue weighted by molar-refractivity contribution is 7.11. The van der Waals surface area contributed by atoms with Gasteiger partial charge in [-0.2, -0.15) is 0 Å². The first-order valence-corrected chi connectivity index (χ1v) is 9.12. The lowest BCUT2D eigenvalue weighted by molar-refractivity contribution is -0.130. The number of benzene rings is 1. The van der Waals surface area contributed by atoms with Gasteiger partial charge in [0, 0.05) is 24.5 Å². The first-order chi connectivity index (χ1) is 12.2. The average Bonchev–Trinajstić information content (AvgIpc) is 3.16. The molecule has 0 amide bonds.